The van der Waals surface area contributed by atoms with Gasteiger partial charge in [-0.15, -0.1) is 0 Å². The van der Waals surface area contributed by atoms with Crippen molar-refractivity contribution < 1.29 is 141 Å². The summed E-state index contributed by atoms with van der Waals surface area (Å²) in [6, 6.07) is 0. The second-order valence-corrected chi connectivity index (χ2v) is 0. The number of rotatable bonds is 0. The van der Waals surface area contributed by atoms with E-state index in [9.17, 15) is 0 Å². The first-order chi connectivity index (χ1) is 0. The first-order valence-electron chi connectivity index (χ1n) is 0. The van der Waals surface area contributed by atoms with E-state index < -0.39 is 0 Å². The van der Waals surface area contributed by atoms with Gasteiger partial charge in [0, 0.05) is 141 Å². The van der Waals surface area contributed by atoms with E-state index in [4.69, 9.17) is 0 Å². The Hall–Kier alpha value is 7.80. The van der Waals surface area contributed by atoms with Crippen LogP contribution >= 0.6 is 0 Å². The predicted octanol–water partition coefficient (Wildman–Crippen LogP) is -8.73. The van der Waals surface area contributed by atoms with Crippen molar-refractivity contribution in [1.82, 2.24) is 0 Å². The summed E-state index contributed by atoms with van der Waals surface area (Å²) in [4.78, 5) is 0. The molecule has 0 aliphatic heterocycles. The van der Waals surface area contributed by atoms with Gasteiger partial charge in [0.1, 0.15) is 0 Å². The van der Waals surface area contributed by atoms with E-state index >= 15 is 0 Å². The van der Waals surface area contributed by atoms with Crippen LogP contribution in [0.15, 0.2) is 0 Å². The zero-order valence-corrected chi connectivity index (χ0v) is 19.1. The second-order valence-electron chi connectivity index (χ2n) is 0. The molecule has 0 heterocycles. The second kappa shape index (κ2) is 115. The maximum Gasteiger partial charge on any atom is 0 e. The van der Waals surface area contributed by atoms with Crippen molar-refractivity contribution in [3.05, 3.63) is 0 Å². The predicted molar refractivity (Wildman–Crippen MR) is 68.0 cm³/mol. The van der Waals surface area contributed by atoms with Crippen molar-refractivity contribution in [2.45, 2.75) is 0 Å². The largest absolute Gasteiger partial charge is 0 e. The third-order valence-electron chi connectivity index (χ3n) is 0. The van der Waals surface area contributed by atoms with Crippen LogP contribution in [-0.4, -0.2) is 106 Å². The molecule has 0 fully saturated rings. The molecule has 0 aromatic heterocycles. The molecule has 0 saturated heterocycles. The molecule has 0 aromatic carbocycles. The summed E-state index contributed by atoms with van der Waals surface area (Å²) in [5.41, 5.74) is 0. The molecule has 7 radical (unpaired) electrons. The van der Waals surface area contributed by atoms with Crippen molar-refractivity contribution >= 4 is 106 Å². The summed E-state index contributed by atoms with van der Waals surface area (Å²) in [6.45, 7) is 0. The van der Waals surface area contributed by atoms with E-state index in [2.05, 4.69) is 0 Å². The molecular weight excluding hydrogens is 1780 g/mol. The van der Waals surface area contributed by atoms with Crippen molar-refractivity contribution in [3.63, 3.8) is 0 Å². The van der Waals surface area contributed by atoms with Gasteiger partial charge in [-0.25, -0.2) is 0 Å². The Morgan fingerprint density at radius 1 is 0.154 bits per heavy atom. The van der Waals surface area contributed by atoms with Crippen molar-refractivity contribution in [2.75, 3.05) is 0 Å². The van der Waals surface area contributed by atoms with E-state index in [0.29, 0.717) is 0 Å². The summed E-state index contributed by atoms with van der Waals surface area (Å²) < 4.78 is 0. The van der Waals surface area contributed by atoms with Crippen molar-refractivity contribution in [2.24, 2.45) is 0 Å². The molecule has 0 spiro atoms. The molecule has 0 atom stereocenters. The van der Waals surface area contributed by atoms with Crippen LogP contribution in [0.4, 0.5) is 0 Å². The van der Waals surface area contributed by atoms with Gasteiger partial charge in [0.05, 0.1) is 0 Å². The summed E-state index contributed by atoms with van der Waals surface area (Å²) >= 11 is 0. The average Bonchev–Trinajstić information content (AvgIpc) is 0. The van der Waals surface area contributed by atoms with E-state index in [1.54, 1.807) is 0 Å². The van der Waals surface area contributed by atoms with E-state index in [0.717, 1.165) is 0 Å². The molecule has 0 amide bonds. The van der Waals surface area contributed by atoms with E-state index in [-0.39, 0.29) is 246 Å². The Morgan fingerprint density at radius 3 is 0.154 bits per heavy atom. The molecule has 13 heavy (non-hydrogen) atoms. The zero-order chi connectivity index (χ0) is 0. The van der Waals surface area contributed by atoms with Gasteiger partial charge in [0.25, 0.3) is 0 Å². The quantitative estimate of drug-likeness (QED) is 0.212. The Kier molecular flexibility index (Phi) is 1190. The fourth-order valence-electron chi connectivity index (χ4n) is 0. The van der Waals surface area contributed by atoms with Crippen LogP contribution in [0.2, 0.25) is 0 Å². The third kappa shape index (κ3) is 103. The molecule has 111 valence electrons. The molecule has 0 saturated carbocycles. The Morgan fingerprint density at radius 2 is 0.154 bits per heavy atom. The summed E-state index contributed by atoms with van der Waals surface area (Å²) in [5, 5.41) is 0. The van der Waals surface area contributed by atoms with Crippen molar-refractivity contribution in [1.29, 1.82) is 0 Å². The average molecular weight is 1810 g/mol. The van der Waals surface area contributed by atoms with Gasteiger partial charge in [-0.3, -0.25) is 0 Å². The maximum absolute atomic E-state index is 0. The van der Waals surface area contributed by atoms with Gasteiger partial charge >= 0.3 is 106 Å². The Balaban J connectivity index is 0. The van der Waals surface area contributed by atoms with Gasteiger partial charge < -0.3 is 0 Å². The number of hydrogen-bond acceptors (Lipinski definition) is 0. The number of hydrogen-bond donors (Lipinski definition) is 0. The fraction of sp³-hybridized carbons (Fsp3) is 0. The SMILES string of the molecule is [GeH4].[GeH4].[GeH4].[GeH4].[GeH4].[GeH4].[Ir].[Ir].[Ir].[Ir].[Ir].[Ir].[Ir]. The van der Waals surface area contributed by atoms with Crippen LogP contribution < -0.4 is 0 Å². The van der Waals surface area contributed by atoms with Gasteiger partial charge in [-0.2, -0.15) is 0 Å². The molecule has 13 heteroatoms. The molecule has 0 N–H and O–H groups in total. The van der Waals surface area contributed by atoms with Crippen LogP contribution in [0.3, 0.4) is 0 Å². The van der Waals surface area contributed by atoms with Crippen LogP contribution in [0.1, 0.15) is 0 Å². The molecular formula is H24Ge6Ir7. The molecule has 0 aliphatic carbocycles. The molecule has 0 aromatic rings. The standard InChI is InChI=1S/6GeH4.7Ir/h6*1H4;;;;;;;. The fourth-order valence-corrected chi connectivity index (χ4v) is 0. The molecule has 0 nitrogen and oxygen atoms in total. The van der Waals surface area contributed by atoms with Gasteiger partial charge in [-0.05, 0) is 0 Å². The Labute approximate surface area is 240 Å². The monoisotopic (exact) mass is 1820 g/mol. The van der Waals surface area contributed by atoms with Crippen LogP contribution in [-0.2, 0) is 141 Å². The van der Waals surface area contributed by atoms with Crippen LogP contribution in [0.5, 0.6) is 0 Å². The molecule has 0 rings (SSSR count). The zero-order valence-electron chi connectivity index (χ0n) is 2.33. The maximum atomic E-state index is 0. The Bertz CT molecular complexity index is 12.9. The van der Waals surface area contributed by atoms with E-state index in [1.165, 1.54) is 0 Å². The molecule has 0 bridgehead atoms. The summed E-state index contributed by atoms with van der Waals surface area (Å²) in [6.07, 6.45) is 0. The van der Waals surface area contributed by atoms with Gasteiger partial charge in [0.2, 0.25) is 0 Å². The van der Waals surface area contributed by atoms with Crippen LogP contribution in [0, 0.1) is 0 Å². The minimum atomic E-state index is 0. The van der Waals surface area contributed by atoms with Gasteiger partial charge in [0.15, 0.2) is 0 Å². The minimum Gasteiger partial charge on any atom is 0 e. The topological polar surface area (TPSA) is 0 Å². The first-order valence-corrected chi connectivity index (χ1v) is 0. The third-order valence-corrected chi connectivity index (χ3v) is 0. The first kappa shape index (κ1) is 134. The van der Waals surface area contributed by atoms with Crippen molar-refractivity contribution in [3.8, 4) is 0 Å². The minimum absolute atomic E-state index is 0. The molecule has 0 unspecified atom stereocenters. The van der Waals surface area contributed by atoms with E-state index in [1.807, 2.05) is 0 Å². The normalized spacial score (nSPS) is 0. The van der Waals surface area contributed by atoms with Gasteiger partial charge in [-0.1, -0.05) is 0 Å². The summed E-state index contributed by atoms with van der Waals surface area (Å²) in [7, 11) is 0. The smallest absolute Gasteiger partial charge is 0 e. The van der Waals surface area contributed by atoms with Crippen LogP contribution in [0.25, 0.3) is 0 Å². The summed E-state index contributed by atoms with van der Waals surface area (Å²) in [5.74, 6) is 0. The molecule has 0 aliphatic rings.